The van der Waals surface area contributed by atoms with E-state index in [1.165, 1.54) is 55.9 Å². The summed E-state index contributed by atoms with van der Waals surface area (Å²) in [5.74, 6) is -2.06. The largest absolute Gasteiger partial charge is 0.497 e. The van der Waals surface area contributed by atoms with E-state index in [1.54, 1.807) is 24.3 Å². The van der Waals surface area contributed by atoms with Crippen LogP contribution in [0.25, 0.3) is 0 Å². The summed E-state index contributed by atoms with van der Waals surface area (Å²) in [4.78, 5) is 42.6. The molecule has 1 aromatic heterocycles. The van der Waals surface area contributed by atoms with Crippen LogP contribution in [0.4, 0.5) is 0 Å². The Labute approximate surface area is 207 Å². The van der Waals surface area contributed by atoms with E-state index in [2.05, 4.69) is 4.98 Å². The molecule has 1 N–H and O–H groups in total. The lowest BCUT2D eigenvalue weighted by atomic mass is 10.1. The van der Waals surface area contributed by atoms with Crippen LogP contribution in [-0.4, -0.2) is 65.2 Å². The summed E-state index contributed by atoms with van der Waals surface area (Å²) in [6.07, 6.45) is 2.65. The molecule has 0 bridgehead atoms. The number of fused-ring (bicyclic) bond motifs is 1. The predicted molar refractivity (Wildman–Crippen MR) is 128 cm³/mol. The molecule has 4 rings (SSSR count). The van der Waals surface area contributed by atoms with Crippen LogP contribution in [0, 0.1) is 0 Å². The quantitative estimate of drug-likeness (QED) is 0.412. The van der Waals surface area contributed by atoms with Gasteiger partial charge in [-0.25, -0.2) is 8.42 Å². The van der Waals surface area contributed by atoms with E-state index in [-0.39, 0.29) is 35.5 Å². The number of sulfonamides is 1. The Hall–Kier alpha value is -4.09. The fourth-order valence-corrected chi connectivity index (χ4v) is 5.60. The number of carbonyl (C=O) groups excluding carboxylic acids is 2. The summed E-state index contributed by atoms with van der Waals surface area (Å²) in [5, 5.41) is 10.1. The van der Waals surface area contributed by atoms with Crippen LogP contribution in [-0.2, 0) is 21.4 Å². The van der Waals surface area contributed by atoms with Crippen LogP contribution in [0.2, 0.25) is 0 Å². The van der Waals surface area contributed by atoms with Crippen LogP contribution < -0.4 is 4.74 Å². The van der Waals surface area contributed by atoms with E-state index in [0.29, 0.717) is 11.3 Å². The van der Waals surface area contributed by atoms with E-state index in [0.717, 1.165) is 9.21 Å². The van der Waals surface area contributed by atoms with Crippen molar-refractivity contribution in [2.75, 3.05) is 13.7 Å². The lowest BCUT2D eigenvalue weighted by molar-refractivity contribution is -0.142. The van der Waals surface area contributed by atoms with Gasteiger partial charge in [0.2, 0.25) is 10.0 Å². The van der Waals surface area contributed by atoms with Gasteiger partial charge in [0, 0.05) is 25.5 Å². The van der Waals surface area contributed by atoms with Gasteiger partial charge in [-0.2, -0.15) is 4.31 Å². The van der Waals surface area contributed by atoms with Crippen molar-refractivity contribution in [1.82, 2.24) is 14.2 Å². The maximum atomic E-state index is 13.6. The van der Waals surface area contributed by atoms with Gasteiger partial charge in [0.1, 0.15) is 11.8 Å². The number of imide groups is 1. The predicted octanol–water partition coefficient (Wildman–Crippen LogP) is 2.42. The number of rotatable bonds is 10. The summed E-state index contributed by atoms with van der Waals surface area (Å²) in [6.45, 7) is -0.549. The van der Waals surface area contributed by atoms with Gasteiger partial charge >= 0.3 is 5.97 Å². The Bertz CT molecular complexity index is 1360. The first-order valence-electron chi connectivity index (χ1n) is 11.0. The van der Waals surface area contributed by atoms with Crippen LogP contribution in [0.3, 0.4) is 0 Å². The fraction of sp³-hybridized carbons (Fsp3) is 0.200. The number of benzene rings is 2. The lowest BCUT2D eigenvalue weighted by Crippen LogP contribution is -2.46. The van der Waals surface area contributed by atoms with Crippen LogP contribution >= 0.6 is 0 Å². The molecular weight excluding hydrogens is 486 g/mol. The highest BCUT2D eigenvalue weighted by molar-refractivity contribution is 7.89. The molecule has 0 radical (unpaired) electrons. The molecule has 0 spiro atoms. The van der Waals surface area contributed by atoms with Crippen molar-refractivity contribution in [1.29, 1.82) is 0 Å². The number of hydrogen-bond acceptors (Lipinski definition) is 7. The maximum Gasteiger partial charge on any atom is 0.322 e. The number of amides is 2. The molecule has 2 amide bonds. The summed E-state index contributed by atoms with van der Waals surface area (Å²) in [6, 6.07) is 13.6. The zero-order chi connectivity index (χ0) is 25.9. The van der Waals surface area contributed by atoms with E-state index < -0.39 is 33.8 Å². The minimum atomic E-state index is -4.31. The van der Waals surface area contributed by atoms with Gasteiger partial charge in [-0.05, 0) is 54.4 Å². The van der Waals surface area contributed by atoms with E-state index in [9.17, 15) is 27.9 Å². The first-order valence-corrected chi connectivity index (χ1v) is 12.4. The highest BCUT2D eigenvalue weighted by Crippen LogP contribution is 2.27. The van der Waals surface area contributed by atoms with Crippen molar-refractivity contribution in [3.05, 3.63) is 89.7 Å². The Morgan fingerprint density at radius 2 is 1.67 bits per heavy atom. The molecule has 1 aliphatic heterocycles. The Balaban J connectivity index is 1.66. The summed E-state index contributed by atoms with van der Waals surface area (Å²) >= 11 is 0. The minimum Gasteiger partial charge on any atom is -0.497 e. The maximum absolute atomic E-state index is 13.6. The average Bonchev–Trinajstić information content (AvgIpc) is 3.13. The standard InChI is InChI=1S/C25H23N3O7S/c1-35-18-8-10-19(11-9-18)36(33,34)28(16-17-5-4-13-26-15-17)22(25(31)32)12-14-27-23(29)20-6-2-3-7-21(20)24(27)30/h2-11,13,15,22H,12,14,16H2,1H3,(H,31,32)/t22-/m0/s1. The molecule has 0 saturated heterocycles. The van der Waals surface area contributed by atoms with E-state index in [1.807, 2.05) is 0 Å². The number of pyridine rings is 1. The van der Waals surface area contributed by atoms with Crippen molar-refractivity contribution in [3.8, 4) is 5.75 Å². The van der Waals surface area contributed by atoms with Gasteiger partial charge in [-0.3, -0.25) is 24.3 Å². The third kappa shape index (κ3) is 4.83. The van der Waals surface area contributed by atoms with Crippen molar-refractivity contribution in [2.24, 2.45) is 0 Å². The molecule has 0 fully saturated rings. The molecule has 0 aliphatic carbocycles. The second kappa shape index (κ2) is 10.3. The smallest absolute Gasteiger partial charge is 0.322 e. The SMILES string of the molecule is COc1ccc(S(=O)(=O)N(Cc2cccnc2)[C@@H](CCN2C(=O)c3ccccc3C2=O)C(=O)O)cc1. The first kappa shape index (κ1) is 25.0. The molecule has 0 unspecified atom stereocenters. The Morgan fingerprint density at radius 3 is 2.19 bits per heavy atom. The molecule has 2 heterocycles. The van der Waals surface area contributed by atoms with Gasteiger partial charge in [-0.1, -0.05) is 18.2 Å². The molecule has 1 atom stereocenters. The van der Waals surface area contributed by atoms with E-state index in [4.69, 9.17) is 4.74 Å². The highest BCUT2D eigenvalue weighted by atomic mass is 32.2. The summed E-state index contributed by atoms with van der Waals surface area (Å²) < 4.78 is 33.2. The van der Waals surface area contributed by atoms with Crippen LogP contribution in [0.1, 0.15) is 32.7 Å². The molecule has 2 aromatic carbocycles. The minimum absolute atomic E-state index is 0.126. The average molecular weight is 510 g/mol. The second-order valence-electron chi connectivity index (χ2n) is 8.04. The lowest BCUT2D eigenvalue weighted by Gasteiger charge is -2.29. The molecule has 11 heteroatoms. The zero-order valence-electron chi connectivity index (χ0n) is 19.3. The van der Waals surface area contributed by atoms with Gasteiger partial charge in [0.25, 0.3) is 11.8 Å². The van der Waals surface area contributed by atoms with Gasteiger partial charge in [0.05, 0.1) is 23.1 Å². The topological polar surface area (TPSA) is 134 Å². The van der Waals surface area contributed by atoms with E-state index >= 15 is 0 Å². The van der Waals surface area contributed by atoms with Crippen molar-refractivity contribution >= 4 is 27.8 Å². The van der Waals surface area contributed by atoms with Gasteiger partial charge in [-0.15, -0.1) is 0 Å². The monoisotopic (exact) mass is 509 g/mol. The van der Waals surface area contributed by atoms with Crippen molar-refractivity contribution in [2.45, 2.75) is 23.9 Å². The number of carbonyl (C=O) groups is 3. The van der Waals surface area contributed by atoms with Crippen LogP contribution in [0.15, 0.2) is 78.0 Å². The van der Waals surface area contributed by atoms with Crippen LogP contribution in [0.5, 0.6) is 5.75 Å². The molecular formula is C25H23N3O7S. The zero-order valence-corrected chi connectivity index (χ0v) is 20.1. The molecule has 36 heavy (non-hydrogen) atoms. The summed E-state index contributed by atoms with van der Waals surface area (Å²) in [5.41, 5.74) is 0.932. The number of methoxy groups -OCH3 is 1. The molecule has 186 valence electrons. The third-order valence-corrected chi connectivity index (χ3v) is 7.73. The third-order valence-electron chi connectivity index (χ3n) is 5.86. The Kier molecular flexibility index (Phi) is 7.13. The number of nitrogens with zero attached hydrogens (tertiary/aromatic N) is 3. The normalized spacial score (nSPS) is 14.1. The fourth-order valence-electron chi connectivity index (χ4n) is 4.00. The number of ether oxygens (including phenoxy) is 1. The molecule has 10 nitrogen and oxygen atoms in total. The molecule has 0 saturated carbocycles. The van der Waals surface area contributed by atoms with Crippen molar-refractivity contribution < 1.29 is 32.6 Å². The number of carboxylic acid groups (broad SMARTS) is 1. The molecule has 1 aliphatic rings. The number of aliphatic carboxylic acids is 1. The summed E-state index contributed by atoms with van der Waals surface area (Å²) in [7, 11) is -2.87. The Morgan fingerprint density at radius 1 is 1.03 bits per heavy atom. The number of carboxylic acids is 1. The van der Waals surface area contributed by atoms with Crippen molar-refractivity contribution in [3.63, 3.8) is 0 Å². The number of aromatic nitrogens is 1. The molecule has 3 aromatic rings. The number of hydrogen-bond donors (Lipinski definition) is 1. The second-order valence-corrected chi connectivity index (χ2v) is 9.93. The first-order chi connectivity index (χ1) is 17.2. The highest BCUT2D eigenvalue weighted by Gasteiger charge is 2.39. The van der Waals surface area contributed by atoms with Gasteiger partial charge in [0.15, 0.2) is 0 Å². The van der Waals surface area contributed by atoms with Gasteiger partial charge < -0.3 is 9.84 Å².